The molecule has 0 aromatic rings. The number of carbonyl (C=O) groups is 1. The van der Waals surface area contributed by atoms with Gasteiger partial charge in [-0.05, 0) is 19.3 Å². The number of hydrogen-bond donors (Lipinski definition) is 0. The molecule has 3 nitrogen and oxygen atoms in total. The van der Waals surface area contributed by atoms with Gasteiger partial charge in [0.15, 0.2) is 5.78 Å². The van der Waals surface area contributed by atoms with Crippen LogP contribution in [0.2, 0.25) is 0 Å². The van der Waals surface area contributed by atoms with Gasteiger partial charge in [0.1, 0.15) is 0 Å². The number of hydrogen-bond acceptors (Lipinski definition) is 2. The molecule has 0 aromatic heterocycles. The lowest BCUT2D eigenvalue weighted by Gasteiger charge is -2.24. The summed E-state index contributed by atoms with van der Waals surface area (Å²) in [5, 5.41) is 12.1. The highest BCUT2D eigenvalue weighted by Crippen LogP contribution is 2.31. The van der Waals surface area contributed by atoms with Crippen LogP contribution in [-0.2, 0) is 10.0 Å². The van der Waals surface area contributed by atoms with Crippen molar-refractivity contribution in [2.45, 2.75) is 37.8 Å². The minimum Gasteiger partial charge on any atom is -0.298 e. The minimum atomic E-state index is -0.265. The standard InChI is InChI=1S/C7H10NO2/c9-7-4-5-2-1-3-6(7)8(5)10/h5-6H,1-4H2. The van der Waals surface area contributed by atoms with Crippen molar-refractivity contribution in [3.8, 4) is 0 Å². The summed E-state index contributed by atoms with van der Waals surface area (Å²) >= 11 is 0. The Morgan fingerprint density at radius 3 is 2.80 bits per heavy atom. The lowest BCUT2D eigenvalue weighted by Crippen LogP contribution is -2.37. The molecule has 0 aliphatic carbocycles. The van der Waals surface area contributed by atoms with E-state index in [4.69, 9.17) is 0 Å². The third-order valence-electron chi connectivity index (χ3n) is 2.49. The van der Waals surface area contributed by atoms with Gasteiger partial charge in [0.2, 0.25) is 0 Å². The van der Waals surface area contributed by atoms with E-state index < -0.39 is 0 Å². The van der Waals surface area contributed by atoms with E-state index in [1.54, 1.807) is 0 Å². The number of Topliss-reactive ketones (excluding diaryl/α,β-unsaturated/α-hetero) is 1. The van der Waals surface area contributed by atoms with Crippen LogP contribution in [0.15, 0.2) is 0 Å². The first-order chi connectivity index (χ1) is 4.79. The monoisotopic (exact) mass is 140 g/mol. The molecule has 0 aromatic carbocycles. The van der Waals surface area contributed by atoms with Gasteiger partial charge in [-0.25, -0.2) is 0 Å². The SMILES string of the molecule is [O]N1C2CCCC1C(=O)C2. The number of rotatable bonds is 0. The molecule has 2 saturated heterocycles. The topological polar surface area (TPSA) is 40.2 Å². The van der Waals surface area contributed by atoms with E-state index in [1.807, 2.05) is 0 Å². The van der Waals surface area contributed by atoms with Gasteiger partial charge in [-0.3, -0.25) is 4.79 Å². The lowest BCUT2D eigenvalue weighted by molar-refractivity contribution is -0.205. The Hall–Kier alpha value is -0.410. The third-order valence-corrected chi connectivity index (χ3v) is 2.49. The zero-order valence-corrected chi connectivity index (χ0v) is 5.75. The molecule has 2 unspecified atom stereocenters. The number of hydroxylamine groups is 2. The van der Waals surface area contributed by atoms with Crippen molar-refractivity contribution in [1.29, 1.82) is 0 Å². The molecule has 0 saturated carbocycles. The molecule has 2 rings (SSSR count). The third kappa shape index (κ3) is 0.707. The van der Waals surface area contributed by atoms with E-state index in [-0.39, 0.29) is 17.9 Å². The smallest absolute Gasteiger partial charge is 0.154 e. The van der Waals surface area contributed by atoms with Crippen LogP contribution in [0.3, 0.4) is 0 Å². The van der Waals surface area contributed by atoms with Gasteiger partial charge < -0.3 is 0 Å². The Labute approximate surface area is 59.6 Å². The van der Waals surface area contributed by atoms with Gasteiger partial charge in [-0.2, -0.15) is 0 Å². The van der Waals surface area contributed by atoms with E-state index >= 15 is 0 Å². The van der Waals surface area contributed by atoms with Crippen molar-refractivity contribution >= 4 is 5.78 Å². The van der Waals surface area contributed by atoms with Crippen LogP contribution in [0.25, 0.3) is 0 Å². The van der Waals surface area contributed by atoms with Crippen LogP contribution in [-0.4, -0.2) is 22.9 Å². The van der Waals surface area contributed by atoms with Crippen LogP contribution < -0.4 is 0 Å². The highest BCUT2D eigenvalue weighted by molar-refractivity contribution is 5.86. The zero-order chi connectivity index (χ0) is 7.14. The van der Waals surface area contributed by atoms with E-state index in [1.165, 1.54) is 0 Å². The fraction of sp³-hybridized carbons (Fsp3) is 0.857. The molecule has 2 bridgehead atoms. The van der Waals surface area contributed by atoms with Gasteiger partial charge in [-0.15, -0.1) is 10.3 Å². The average Bonchev–Trinajstić information content (AvgIpc) is 2.16. The quantitative estimate of drug-likeness (QED) is 0.492. The molecule has 0 spiro atoms. The minimum absolute atomic E-state index is 0.0336. The van der Waals surface area contributed by atoms with E-state index in [9.17, 15) is 10.0 Å². The Bertz CT molecular complexity index is 169. The van der Waals surface area contributed by atoms with Crippen molar-refractivity contribution in [2.24, 2.45) is 0 Å². The highest BCUT2D eigenvalue weighted by Gasteiger charge is 2.42. The first-order valence-corrected chi connectivity index (χ1v) is 3.77. The summed E-state index contributed by atoms with van der Waals surface area (Å²) in [6, 6.07) is -0.231. The summed E-state index contributed by atoms with van der Waals surface area (Å²) in [4.78, 5) is 11.0. The Morgan fingerprint density at radius 2 is 2.20 bits per heavy atom. The molecule has 2 atom stereocenters. The second-order valence-corrected chi connectivity index (χ2v) is 3.13. The molecule has 2 aliphatic rings. The van der Waals surface area contributed by atoms with Crippen LogP contribution >= 0.6 is 0 Å². The molecule has 2 aliphatic heterocycles. The van der Waals surface area contributed by atoms with Crippen molar-refractivity contribution in [3.63, 3.8) is 0 Å². The van der Waals surface area contributed by atoms with Crippen LogP contribution in [0.4, 0.5) is 0 Å². The van der Waals surface area contributed by atoms with Crippen LogP contribution in [0.1, 0.15) is 25.7 Å². The Kier molecular flexibility index (Phi) is 1.28. The number of ketones is 1. The van der Waals surface area contributed by atoms with Crippen LogP contribution in [0, 0.1) is 0 Å². The van der Waals surface area contributed by atoms with E-state index in [0.717, 1.165) is 24.3 Å². The number of piperidine rings is 1. The van der Waals surface area contributed by atoms with Crippen molar-refractivity contribution in [3.05, 3.63) is 0 Å². The Morgan fingerprint density at radius 1 is 1.40 bits per heavy atom. The normalized spacial score (nSPS) is 40.7. The molecule has 0 N–H and O–H groups in total. The number of carbonyl (C=O) groups excluding carboxylic acids is 1. The number of nitrogens with zero attached hydrogens (tertiary/aromatic N) is 1. The second kappa shape index (κ2) is 2.04. The van der Waals surface area contributed by atoms with Crippen molar-refractivity contribution in [1.82, 2.24) is 5.06 Å². The molecular weight excluding hydrogens is 130 g/mol. The fourth-order valence-electron chi connectivity index (χ4n) is 1.92. The van der Waals surface area contributed by atoms with Gasteiger partial charge in [0.25, 0.3) is 0 Å². The second-order valence-electron chi connectivity index (χ2n) is 3.13. The first kappa shape index (κ1) is 6.31. The summed E-state index contributed by atoms with van der Waals surface area (Å²) in [6.45, 7) is 0. The molecule has 2 fully saturated rings. The van der Waals surface area contributed by atoms with Gasteiger partial charge in [-0.1, -0.05) is 0 Å². The van der Waals surface area contributed by atoms with E-state index in [0.29, 0.717) is 6.42 Å². The maximum absolute atomic E-state index is 11.1. The molecule has 1 radical (unpaired) electrons. The zero-order valence-electron chi connectivity index (χ0n) is 5.75. The predicted molar refractivity (Wildman–Crippen MR) is 33.6 cm³/mol. The number of fused-ring (bicyclic) bond motifs is 2. The average molecular weight is 140 g/mol. The first-order valence-electron chi connectivity index (χ1n) is 3.77. The van der Waals surface area contributed by atoms with Crippen molar-refractivity contribution in [2.75, 3.05) is 0 Å². The molecule has 3 heteroatoms. The molecule has 2 heterocycles. The largest absolute Gasteiger partial charge is 0.298 e. The van der Waals surface area contributed by atoms with Gasteiger partial charge in [0.05, 0.1) is 6.04 Å². The van der Waals surface area contributed by atoms with Gasteiger partial charge in [0, 0.05) is 12.5 Å². The summed E-state index contributed by atoms with van der Waals surface area (Å²) in [5.74, 6) is 0.164. The summed E-state index contributed by atoms with van der Waals surface area (Å²) in [7, 11) is 0. The Balaban J connectivity index is 2.22. The predicted octanol–water partition coefficient (Wildman–Crippen LogP) is 0.528. The van der Waals surface area contributed by atoms with Gasteiger partial charge >= 0.3 is 0 Å². The highest BCUT2D eigenvalue weighted by atomic mass is 16.5. The fourth-order valence-corrected chi connectivity index (χ4v) is 1.92. The summed E-state index contributed by atoms with van der Waals surface area (Å²) in [6.07, 6.45) is 3.28. The maximum Gasteiger partial charge on any atom is 0.154 e. The van der Waals surface area contributed by atoms with E-state index in [2.05, 4.69) is 0 Å². The van der Waals surface area contributed by atoms with Crippen LogP contribution in [0.5, 0.6) is 0 Å². The molecule has 10 heavy (non-hydrogen) atoms. The summed E-state index contributed by atoms with van der Waals surface area (Å²) in [5.41, 5.74) is 0. The maximum atomic E-state index is 11.1. The molecule has 0 amide bonds. The summed E-state index contributed by atoms with van der Waals surface area (Å²) < 4.78 is 0. The molecular formula is C7H10NO2. The van der Waals surface area contributed by atoms with Crippen molar-refractivity contribution < 1.29 is 10.0 Å². The molecule has 55 valence electrons. The lowest BCUT2D eigenvalue weighted by atomic mass is 10.1.